The number of thiazole rings is 1. The van der Waals surface area contributed by atoms with Gasteiger partial charge >= 0.3 is 0 Å². The first-order valence-corrected chi connectivity index (χ1v) is 10.4. The van der Waals surface area contributed by atoms with Gasteiger partial charge in [0.1, 0.15) is 23.9 Å². The minimum absolute atomic E-state index is 0.145. The average Bonchev–Trinajstić information content (AvgIpc) is 3.45. The van der Waals surface area contributed by atoms with E-state index in [0.29, 0.717) is 39.3 Å². The molecule has 0 spiro atoms. The van der Waals surface area contributed by atoms with Crippen molar-refractivity contribution in [1.82, 2.24) is 25.2 Å². The lowest BCUT2D eigenvalue weighted by Gasteiger charge is -2.08. The predicted molar refractivity (Wildman–Crippen MR) is 117 cm³/mol. The number of anilines is 1. The number of methoxy groups -OCH3 is 2. The number of hydrogen-bond acceptors (Lipinski definition) is 8. The van der Waals surface area contributed by atoms with Gasteiger partial charge in [0, 0.05) is 22.6 Å². The molecule has 2 heterocycles. The van der Waals surface area contributed by atoms with Gasteiger partial charge in [0.15, 0.2) is 5.13 Å². The van der Waals surface area contributed by atoms with Crippen LogP contribution in [0.15, 0.2) is 41.8 Å². The van der Waals surface area contributed by atoms with Crippen molar-refractivity contribution in [2.24, 2.45) is 0 Å². The molecule has 0 unspecified atom stereocenters. The van der Waals surface area contributed by atoms with E-state index < -0.39 is 0 Å². The Kier molecular flexibility index (Phi) is 6.08. The molecule has 0 saturated heterocycles. The molecule has 11 heteroatoms. The van der Waals surface area contributed by atoms with Crippen LogP contribution in [0.25, 0.3) is 22.6 Å². The van der Waals surface area contributed by atoms with E-state index in [1.165, 1.54) is 22.2 Å². The van der Waals surface area contributed by atoms with E-state index >= 15 is 0 Å². The van der Waals surface area contributed by atoms with Crippen molar-refractivity contribution in [1.29, 1.82) is 0 Å². The molecule has 0 aliphatic heterocycles. The number of halogens is 1. The van der Waals surface area contributed by atoms with Crippen LogP contribution in [0.4, 0.5) is 9.52 Å². The van der Waals surface area contributed by atoms with Gasteiger partial charge in [0.05, 0.1) is 19.9 Å². The summed E-state index contributed by atoms with van der Waals surface area (Å²) in [6, 6.07) is 9.96. The molecule has 2 aromatic carbocycles. The Morgan fingerprint density at radius 2 is 2.03 bits per heavy atom. The van der Waals surface area contributed by atoms with E-state index in [4.69, 9.17) is 9.47 Å². The van der Waals surface area contributed by atoms with E-state index in [9.17, 15) is 9.18 Å². The summed E-state index contributed by atoms with van der Waals surface area (Å²) in [6.07, 6.45) is 0. The maximum Gasteiger partial charge on any atom is 0.249 e. The van der Waals surface area contributed by atoms with Crippen molar-refractivity contribution >= 4 is 22.4 Å². The highest BCUT2D eigenvalue weighted by atomic mass is 32.1. The zero-order valence-electron chi connectivity index (χ0n) is 17.5. The number of carbonyl (C=O) groups excluding carboxylic acids is 1. The number of nitrogens with zero attached hydrogens (tertiary/aromatic N) is 5. The average molecular weight is 454 g/mol. The standard InChI is InChI=1S/C21H19FN6O3S/c1-12-8-13(4-7-16(12)22)20-25-27-28(26-20)10-19(29)24-21-23-17(11-32-21)15-6-5-14(30-2)9-18(15)31-3/h4-9,11H,10H2,1-3H3,(H,23,24,29). The summed E-state index contributed by atoms with van der Waals surface area (Å²) in [4.78, 5) is 18.0. The van der Waals surface area contributed by atoms with Gasteiger partial charge in [-0.15, -0.1) is 21.5 Å². The third-order valence-corrected chi connectivity index (χ3v) is 5.35. The second-order valence-corrected chi connectivity index (χ2v) is 7.62. The number of aryl methyl sites for hydroxylation is 1. The molecular weight excluding hydrogens is 435 g/mol. The number of hydrogen-bond donors (Lipinski definition) is 1. The zero-order valence-corrected chi connectivity index (χ0v) is 18.3. The van der Waals surface area contributed by atoms with Crippen LogP contribution < -0.4 is 14.8 Å². The first-order valence-electron chi connectivity index (χ1n) is 9.49. The Morgan fingerprint density at radius 1 is 1.19 bits per heavy atom. The van der Waals surface area contributed by atoms with Crippen molar-refractivity contribution in [3.8, 4) is 34.1 Å². The Balaban J connectivity index is 1.43. The van der Waals surface area contributed by atoms with Crippen molar-refractivity contribution in [3.05, 3.63) is 53.2 Å². The smallest absolute Gasteiger partial charge is 0.249 e. The molecule has 4 aromatic rings. The molecule has 164 valence electrons. The van der Waals surface area contributed by atoms with E-state index in [1.54, 1.807) is 39.3 Å². The highest BCUT2D eigenvalue weighted by Crippen LogP contribution is 2.34. The van der Waals surface area contributed by atoms with Gasteiger partial charge in [0.25, 0.3) is 0 Å². The summed E-state index contributed by atoms with van der Waals surface area (Å²) < 4.78 is 24.1. The minimum Gasteiger partial charge on any atom is -0.497 e. The Labute approximate surface area is 186 Å². The molecule has 0 saturated carbocycles. The van der Waals surface area contributed by atoms with Crippen molar-refractivity contribution in [2.75, 3.05) is 19.5 Å². The predicted octanol–water partition coefficient (Wildman–Crippen LogP) is 3.57. The largest absolute Gasteiger partial charge is 0.497 e. The number of ether oxygens (including phenoxy) is 2. The number of rotatable bonds is 7. The van der Waals surface area contributed by atoms with Gasteiger partial charge in [-0.3, -0.25) is 4.79 Å². The molecule has 0 fully saturated rings. The molecule has 0 atom stereocenters. The van der Waals surface area contributed by atoms with Crippen molar-refractivity contribution < 1.29 is 18.7 Å². The number of nitrogens with one attached hydrogen (secondary N) is 1. The summed E-state index contributed by atoms with van der Waals surface area (Å²) in [5.74, 6) is 0.930. The highest BCUT2D eigenvalue weighted by molar-refractivity contribution is 7.14. The summed E-state index contributed by atoms with van der Waals surface area (Å²) in [7, 11) is 3.15. The van der Waals surface area contributed by atoms with Crippen LogP contribution in [0.3, 0.4) is 0 Å². The first kappa shape index (κ1) is 21.4. The van der Waals surface area contributed by atoms with Crippen LogP contribution in [-0.2, 0) is 11.3 Å². The summed E-state index contributed by atoms with van der Waals surface area (Å²) in [6.45, 7) is 1.51. The van der Waals surface area contributed by atoms with Gasteiger partial charge in [-0.2, -0.15) is 4.80 Å². The molecule has 0 aliphatic carbocycles. The van der Waals surface area contributed by atoms with E-state index in [0.717, 1.165) is 5.56 Å². The lowest BCUT2D eigenvalue weighted by Crippen LogP contribution is -2.20. The van der Waals surface area contributed by atoms with Gasteiger partial charge in [-0.05, 0) is 48.0 Å². The molecular formula is C21H19FN6O3S. The molecule has 0 aliphatic rings. The summed E-state index contributed by atoms with van der Waals surface area (Å²) >= 11 is 1.29. The monoisotopic (exact) mass is 454 g/mol. The molecule has 0 radical (unpaired) electrons. The number of tetrazole rings is 1. The topological polar surface area (TPSA) is 104 Å². The maximum atomic E-state index is 13.5. The molecule has 4 rings (SSSR count). The van der Waals surface area contributed by atoms with Crippen molar-refractivity contribution in [2.45, 2.75) is 13.5 Å². The van der Waals surface area contributed by atoms with Crippen LogP contribution in [0.2, 0.25) is 0 Å². The fourth-order valence-corrected chi connectivity index (χ4v) is 3.69. The summed E-state index contributed by atoms with van der Waals surface area (Å²) in [5, 5.41) is 17.0. The Morgan fingerprint density at radius 3 is 2.78 bits per heavy atom. The molecule has 1 amide bonds. The Bertz CT molecular complexity index is 1270. The minimum atomic E-state index is -0.355. The molecule has 32 heavy (non-hydrogen) atoms. The third-order valence-electron chi connectivity index (χ3n) is 4.59. The summed E-state index contributed by atoms with van der Waals surface area (Å²) in [5.41, 5.74) is 2.54. The molecule has 0 bridgehead atoms. The normalized spacial score (nSPS) is 10.8. The molecule has 1 N–H and O–H groups in total. The Hall–Kier alpha value is -3.86. The fraction of sp³-hybridized carbons (Fsp3) is 0.190. The van der Waals surface area contributed by atoms with Crippen molar-refractivity contribution in [3.63, 3.8) is 0 Å². The molecule has 9 nitrogen and oxygen atoms in total. The molecule has 2 aromatic heterocycles. The number of amides is 1. The van der Waals surface area contributed by atoms with Gasteiger partial charge < -0.3 is 14.8 Å². The van der Waals surface area contributed by atoms with E-state index in [2.05, 4.69) is 25.7 Å². The second kappa shape index (κ2) is 9.10. The SMILES string of the molecule is COc1ccc(-c2csc(NC(=O)Cn3nnc(-c4ccc(F)c(C)c4)n3)n2)c(OC)c1. The van der Waals surface area contributed by atoms with E-state index in [-0.39, 0.29) is 18.3 Å². The zero-order chi connectivity index (χ0) is 22.7. The quantitative estimate of drug-likeness (QED) is 0.455. The van der Waals surface area contributed by atoms with Crippen LogP contribution >= 0.6 is 11.3 Å². The van der Waals surface area contributed by atoms with Crippen LogP contribution in [-0.4, -0.2) is 45.3 Å². The lowest BCUT2D eigenvalue weighted by atomic mass is 10.1. The number of aromatic nitrogens is 5. The number of benzene rings is 2. The van der Waals surface area contributed by atoms with Crippen LogP contribution in [0.1, 0.15) is 5.56 Å². The second-order valence-electron chi connectivity index (χ2n) is 6.76. The first-order chi connectivity index (χ1) is 15.5. The number of carbonyl (C=O) groups is 1. The fourth-order valence-electron chi connectivity index (χ4n) is 2.96. The van der Waals surface area contributed by atoms with Crippen LogP contribution in [0.5, 0.6) is 11.5 Å². The van der Waals surface area contributed by atoms with Gasteiger partial charge in [-0.25, -0.2) is 9.37 Å². The van der Waals surface area contributed by atoms with Gasteiger partial charge in [0.2, 0.25) is 11.7 Å². The maximum absolute atomic E-state index is 13.5. The van der Waals surface area contributed by atoms with Gasteiger partial charge in [-0.1, -0.05) is 0 Å². The van der Waals surface area contributed by atoms with E-state index in [1.807, 2.05) is 17.5 Å². The third kappa shape index (κ3) is 4.57. The van der Waals surface area contributed by atoms with Crippen LogP contribution in [0, 0.1) is 12.7 Å². The highest BCUT2D eigenvalue weighted by Gasteiger charge is 2.14. The lowest BCUT2D eigenvalue weighted by molar-refractivity contribution is -0.117.